The van der Waals surface area contributed by atoms with Gasteiger partial charge in [0, 0.05) is 4.83 Å². The highest BCUT2D eigenvalue weighted by Crippen LogP contribution is 2.28. The van der Waals surface area contributed by atoms with Crippen molar-refractivity contribution in [1.82, 2.24) is 0 Å². The maximum atomic E-state index is 3.78. The molecular formula is C16H15Br. The van der Waals surface area contributed by atoms with E-state index in [-0.39, 0.29) is 0 Å². The standard InChI is InChI=1S/C16H15Br/c17-16-11-14-5-3-12(4-6-14)1-2-13-7-9-15(16)10-8-13/h3-10,16H,1-2,11H2. The summed E-state index contributed by atoms with van der Waals surface area (Å²) in [6.45, 7) is 0. The molecule has 0 spiro atoms. The molecule has 17 heavy (non-hydrogen) atoms. The second-order valence-corrected chi connectivity index (χ2v) is 5.84. The molecule has 86 valence electrons. The van der Waals surface area contributed by atoms with E-state index in [1.807, 2.05) is 0 Å². The van der Waals surface area contributed by atoms with E-state index >= 15 is 0 Å². The molecule has 4 aliphatic carbocycles. The largest absolute Gasteiger partial charge is 0.0835 e. The zero-order valence-electron chi connectivity index (χ0n) is 9.70. The van der Waals surface area contributed by atoms with Crippen LogP contribution in [0.1, 0.15) is 27.1 Å². The van der Waals surface area contributed by atoms with E-state index in [4.69, 9.17) is 0 Å². The molecule has 0 nitrogen and oxygen atoms in total. The predicted molar refractivity (Wildman–Crippen MR) is 75.7 cm³/mol. The van der Waals surface area contributed by atoms with Crippen LogP contribution in [0.2, 0.25) is 0 Å². The summed E-state index contributed by atoms with van der Waals surface area (Å²) < 4.78 is 0. The van der Waals surface area contributed by atoms with Gasteiger partial charge in [0.05, 0.1) is 0 Å². The third kappa shape index (κ3) is 2.44. The van der Waals surface area contributed by atoms with Gasteiger partial charge in [0.1, 0.15) is 0 Å². The molecule has 1 atom stereocenters. The third-order valence-electron chi connectivity index (χ3n) is 3.48. The molecule has 0 saturated heterocycles. The summed E-state index contributed by atoms with van der Waals surface area (Å²) in [5.41, 5.74) is 5.64. The van der Waals surface area contributed by atoms with E-state index in [1.54, 1.807) is 0 Å². The number of hydrogen-bond donors (Lipinski definition) is 0. The summed E-state index contributed by atoms with van der Waals surface area (Å²) >= 11 is 3.78. The number of aryl methyl sites for hydroxylation is 2. The first-order chi connectivity index (χ1) is 8.31. The zero-order valence-corrected chi connectivity index (χ0v) is 11.3. The van der Waals surface area contributed by atoms with Gasteiger partial charge in [-0.3, -0.25) is 0 Å². The van der Waals surface area contributed by atoms with Crippen molar-refractivity contribution in [3.05, 3.63) is 70.8 Å². The minimum atomic E-state index is 0.418. The topological polar surface area (TPSA) is 0 Å². The van der Waals surface area contributed by atoms with Crippen molar-refractivity contribution in [3.63, 3.8) is 0 Å². The van der Waals surface area contributed by atoms with E-state index in [2.05, 4.69) is 64.5 Å². The van der Waals surface area contributed by atoms with Gasteiger partial charge in [-0.05, 0) is 41.5 Å². The third-order valence-corrected chi connectivity index (χ3v) is 4.33. The number of halogens is 1. The molecular weight excluding hydrogens is 272 g/mol. The fourth-order valence-electron chi connectivity index (χ4n) is 2.35. The van der Waals surface area contributed by atoms with E-state index in [0.29, 0.717) is 4.83 Å². The Kier molecular flexibility index (Phi) is 3.02. The lowest BCUT2D eigenvalue weighted by atomic mass is 9.97. The molecule has 2 aromatic carbocycles. The first-order valence-corrected chi connectivity index (χ1v) is 7.03. The Morgan fingerprint density at radius 3 is 1.76 bits per heavy atom. The van der Waals surface area contributed by atoms with Crippen LogP contribution in [-0.2, 0) is 19.3 Å². The Bertz CT molecular complexity index is 496. The van der Waals surface area contributed by atoms with Crippen LogP contribution in [0.4, 0.5) is 0 Å². The van der Waals surface area contributed by atoms with Crippen molar-refractivity contribution in [2.45, 2.75) is 24.1 Å². The lowest BCUT2D eigenvalue weighted by Crippen LogP contribution is -1.99. The summed E-state index contributed by atoms with van der Waals surface area (Å²) in [6, 6.07) is 18.1. The first-order valence-electron chi connectivity index (χ1n) is 6.12. The molecule has 0 saturated carbocycles. The average molecular weight is 287 g/mol. The summed E-state index contributed by atoms with van der Waals surface area (Å²) in [5.74, 6) is 0. The second kappa shape index (κ2) is 4.66. The Hall–Kier alpha value is -1.08. The van der Waals surface area contributed by atoms with Gasteiger partial charge in [-0.2, -0.15) is 0 Å². The Balaban J connectivity index is 2.02. The molecule has 6 rings (SSSR count). The summed E-state index contributed by atoms with van der Waals surface area (Å²) in [5, 5.41) is 0. The SMILES string of the molecule is BrC1Cc2ccc(cc2)CCc2ccc1cc2. The van der Waals surface area contributed by atoms with Gasteiger partial charge in [0.25, 0.3) is 0 Å². The zero-order chi connectivity index (χ0) is 11.7. The van der Waals surface area contributed by atoms with Crippen LogP contribution in [0.15, 0.2) is 48.5 Å². The van der Waals surface area contributed by atoms with E-state index < -0.39 is 0 Å². The molecule has 4 bridgehead atoms. The normalized spacial score (nSPS) is 18.8. The van der Waals surface area contributed by atoms with Gasteiger partial charge in [0.2, 0.25) is 0 Å². The van der Waals surface area contributed by atoms with Crippen molar-refractivity contribution in [2.24, 2.45) is 0 Å². The molecule has 0 heterocycles. The van der Waals surface area contributed by atoms with E-state index in [9.17, 15) is 0 Å². The summed E-state index contributed by atoms with van der Waals surface area (Å²) in [4.78, 5) is 0.418. The summed E-state index contributed by atoms with van der Waals surface area (Å²) in [7, 11) is 0. The predicted octanol–water partition coefficient (Wildman–Crippen LogP) is 4.46. The van der Waals surface area contributed by atoms with Crippen LogP contribution in [-0.4, -0.2) is 0 Å². The maximum Gasteiger partial charge on any atom is 0.0435 e. The van der Waals surface area contributed by atoms with Gasteiger partial charge >= 0.3 is 0 Å². The Labute approximate surface area is 111 Å². The van der Waals surface area contributed by atoms with Gasteiger partial charge < -0.3 is 0 Å². The maximum absolute atomic E-state index is 3.78. The Morgan fingerprint density at radius 1 is 0.706 bits per heavy atom. The van der Waals surface area contributed by atoms with Crippen molar-refractivity contribution in [2.75, 3.05) is 0 Å². The van der Waals surface area contributed by atoms with Crippen molar-refractivity contribution in [1.29, 1.82) is 0 Å². The fourth-order valence-corrected chi connectivity index (χ4v) is 3.03. The molecule has 0 amide bonds. The van der Waals surface area contributed by atoms with Crippen LogP contribution in [0.5, 0.6) is 0 Å². The van der Waals surface area contributed by atoms with Crippen molar-refractivity contribution >= 4 is 15.9 Å². The Morgan fingerprint density at radius 2 is 1.18 bits per heavy atom. The molecule has 0 fully saturated rings. The molecule has 0 radical (unpaired) electrons. The number of rotatable bonds is 0. The van der Waals surface area contributed by atoms with Gasteiger partial charge in [-0.1, -0.05) is 64.5 Å². The molecule has 0 aromatic heterocycles. The van der Waals surface area contributed by atoms with E-state index in [0.717, 1.165) is 19.3 Å². The molecule has 0 N–H and O–H groups in total. The van der Waals surface area contributed by atoms with Crippen LogP contribution >= 0.6 is 15.9 Å². The minimum Gasteiger partial charge on any atom is -0.0835 e. The second-order valence-electron chi connectivity index (χ2n) is 4.73. The molecule has 1 unspecified atom stereocenters. The minimum absolute atomic E-state index is 0.418. The number of hydrogen-bond acceptors (Lipinski definition) is 0. The summed E-state index contributed by atoms with van der Waals surface area (Å²) in [6.07, 6.45) is 3.32. The lowest BCUT2D eigenvalue weighted by molar-refractivity contribution is 0.916. The highest BCUT2D eigenvalue weighted by molar-refractivity contribution is 9.09. The van der Waals surface area contributed by atoms with Gasteiger partial charge in [-0.25, -0.2) is 0 Å². The number of alkyl halides is 1. The van der Waals surface area contributed by atoms with E-state index in [1.165, 1.54) is 22.3 Å². The molecule has 0 aliphatic heterocycles. The van der Waals surface area contributed by atoms with Crippen LogP contribution in [0.25, 0.3) is 0 Å². The fraction of sp³-hybridized carbons (Fsp3) is 0.250. The highest BCUT2D eigenvalue weighted by Gasteiger charge is 2.10. The van der Waals surface area contributed by atoms with Gasteiger partial charge in [0.15, 0.2) is 0 Å². The monoisotopic (exact) mass is 286 g/mol. The highest BCUT2D eigenvalue weighted by atomic mass is 79.9. The first kappa shape index (κ1) is 11.0. The van der Waals surface area contributed by atoms with Gasteiger partial charge in [-0.15, -0.1) is 0 Å². The molecule has 4 aliphatic rings. The van der Waals surface area contributed by atoms with Crippen LogP contribution in [0.3, 0.4) is 0 Å². The quantitative estimate of drug-likeness (QED) is 0.627. The van der Waals surface area contributed by atoms with Crippen molar-refractivity contribution in [3.8, 4) is 0 Å². The lowest BCUT2D eigenvalue weighted by Gasteiger charge is -2.13. The van der Waals surface area contributed by atoms with Crippen LogP contribution in [0, 0.1) is 0 Å². The number of benzene rings is 2. The molecule has 2 aromatic rings. The smallest absolute Gasteiger partial charge is 0.0435 e. The average Bonchev–Trinajstić information content (AvgIpc) is 2.36. The van der Waals surface area contributed by atoms with Crippen LogP contribution < -0.4 is 0 Å². The molecule has 1 heteroatoms. The van der Waals surface area contributed by atoms with Crippen molar-refractivity contribution < 1.29 is 0 Å².